The van der Waals surface area contributed by atoms with Crippen LogP contribution in [0, 0.1) is 0 Å². The summed E-state index contributed by atoms with van der Waals surface area (Å²) in [4.78, 5) is 25.6. The highest BCUT2D eigenvalue weighted by molar-refractivity contribution is 8.00. The van der Waals surface area contributed by atoms with E-state index in [1.54, 1.807) is 11.8 Å². The number of aromatic nitrogens is 4. The molecule has 14 heteroatoms. The first-order valence-electron chi connectivity index (χ1n) is 17.3. The van der Waals surface area contributed by atoms with Crippen LogP contribution in [-0.2, 0) is 0 Å². The Kier molecular flexibility index (Phi) is 11.6. The molecule has 8 rings (SSSR count). The van der Waals surface area contributed by atoms with Crippen LogP contribution in [0.4, 0.5) is 0 Å². The molecule has 2 amide bonds. The van der Waals surface area contributed by atoms with Gasteiger partial charge < -0.3 is 16.2 Å². The molecule has 9 nitrogen and oxygen atoms in total. The lowest BCUT2D eigenvalue weighted by Gasteiger charge is -2.22. The van der Waals surface area contributed by atoms with Crippen LogP contribution in [0.25, 0.3) is 41.1 Å². The Bertz CT molecular complexity index is 2060. The van der Waals surface area contributed by atoms with Crippen molar-refractivity contribution < 1.29 is 14.3 Å². The number of amides is 2. The van der Waals surface area contributed by atoms with Gasteiger partial charge in [-0.1, -0.05) is 73.2 Å². The van der Waals surface area contributed by atoms with E-state index in [1.165, 1.54) is 74.0 Å². The fourth-order valence-corrected chi connectivity index (χ4v) is 10.4. The molecule has 2 fully saturated rings. The fourth-order valence-electron chi connectivity index (χ4n) is 6.53. The highest BCUT2D eigenvalue weighted by Gasteiger charge is 2.23. The van der Waals surface area contributed by atoms with E-state index in [0.29, 0.717) is 25.9 Å². The molecule has 268 valence electrons. The third-order valence-electron chi connectivity index (χ3n) is 9.22. The van der Waals surface area contributed by atoms with Crippen molar-refractivity contribution in [3.05, 3.63) is 82.1 Å². The lowest BCUT2D eigenvalue weighted by atomic mass is 9.98. The third-order valence-corrected chi connectivity index (χ3v) is 13.4. The van der Waals surface area contributed by atoms with Crippen molar-refractivity contribution in [2.75, 3.05) is 0 Å². The molecule has 2 aliphatic rings. The van der Waals surface area contributed by atoms with Crippen molar-refractivity contribution in [2.45, 2.75) is 80.6 Å². The second kappa shape index (κ2) is 16.5. The van der Waals surface area contributed by atoms with Gasteiger partial charge in [-0.2, -0.15) is 0 Å². The van der Waals surface area contributed by atoms with Gasteiger partial charge in [-0.15, -0.1) is 54.8 Å². The van der Waals surface area contributed by atoms with E-state index in [0.717, 1.165) is 54.2 Å². The molecule has 4 aromatic heterocycles. The Morgan fingerprint density at radius 1 is 0.654 bits per heavy atom. The summed E-state index contributed by atoms with van der Waals surface area (Å²) in [5.41, 5.74) is 13.5. The highest BCUT2D eigenvalue weighted by atomic mass is 35.5. The zero-order valence-corrected chi connectivity index (χ0v) is 32.1. The van der Waals surface area contributed by atoms with E-state index in [4.69, 9.17) is 39.4 Å². The number of hydrogen-bond donors (Lipinski definition) is 2. The van der Waals surface area contributed by atoms with Crippen molar-refractivity contribution in [1.82, 2.24) is 20.4 Å². The molecule has 2 saturated carbocycles. The number of halogens is 2. The summed E-state index contributed by atoms with van der Waals surface area (Å²) in [6.07, 6.45) is 12.1. The van der Waals surface area contributed by atoms with Crippen LogP contribution in [0.3, 0.4) is 0 Å². The highest BCUT2D eigenvalue weighted by Crippen LogP contribution is 2.42. The number of carbonyl (C=O) groups excluding carboxylic acids is 2. The second-order valence-electron chi connectivity index (χ2n) is 12.9. The molecule has 0 radical (unpaired) electrons. The molecule has 52 heavy (non-hydrogen) atoms. The van der Waals surface area contributed by atoms with E-state index >= 15 is 0 Å². The van der Waals surface area contributed by atoms with Crippen molar-refractivity contribution >= 4 is 89.6 Å². The summed E-state index contributed by atoms with van der Waals surface area (Å²) < 4.78 is 7.66. The molecular weight excluding hydrogens is 756 g/mol. The minimum absolute atomic E-state index is 0.152. The Hall–Kier alpha value is -3.81. The number of nitrogens with zero attached hydrogens (tertiary/aromatic N) is 4. The molecule has 0 spiro atoms. The number of benzene rings is 2. The third kappa shape index (κ3) is 8.36. The van der Waals surface area contributed by atoms with Gasteiger partial charge in [0.05, 0.1) is 14.8 Å². The SMILES string of the molecule is NC(=O)c1nnc(OC2CCCCC2)c2cc(-c3ccc(Cl)cc3)sc12.NC(=O)c1nnc(SC2CCCCC2)c2cc(-c3ccc(Cl)cc3)sc12. The molecule has 0 bridgehead atoms. The van der Waals surface area contributed by atoms with Crippen LogP contribution in [0.2, 0.25) is 10.0 Å². The second-order valence-corrected chi connectivity index (χ2v) is 17.2. The van der Waals surface area contributed by atoms with Gasteiger partial charge in [-0.25, -0.2) is 0 Å². The van der Waals surface area contributed by atoms with E-state index in [-0.39, 0.29) is 17.5 Å². The minimum Gasteiger partial charge on any atom is -0.473 e. The molecule has 2 aliphatic carbocycles. The summed E-state index contributed by atoms with van der Waals surface area (Å²) in [7, 11) is 0. The standard InChI is InChI=1S/C19H18ClN3O2S.C19H18ClN3OS2/c2*20-12-8-6-11(7-9-12)15-10-14-17(26-15)16(18(21)24)22-23-19(14)25-13-4-2-1-3-5-13/h2*6-10,13H,1-5H2,(H2,21,24). The van der Waals surface area contributed by atoms with Crippen molar-refractivity contribution in [1.29, 1.82) is 0 Å². The number of fused-ring (bicyclic) bond motifs is 2. The number of thiophene rings is 2. The molecule has 4 heterocycles. The summed E-state index contributed by atoms with van der Waals surface area (Å²) >= 11 is 16.8. The average Bonchev–Trinajstić information content (AvgIpc) is 3.80. The van der Waals surface area contributed by atoms with Crippen LogP contribution < -0.4 is 16.2 Å². The summed E-state index contributed by atoms with van der Waals surface area (Å²) in [5, 5.41) is 21.3. The maximum Gasteiger partial charge on any atom is 0.270 e. The number of primary amides is 2. The maximum absolute atomic E-state index is 11.8. The van der Waals surface area contributed by atoms with Gasteiger partial charge in [0.25, 0.3) is 11.8 Å². The monoisotopic (exact) mass is 790 g/mol. The topological polar surface area (TPSA) is 147 Å². The fraction of sp³-hybridized carbons (Fsp3) is 0.316. The molecule has 4 N–H and O–H groups in total. The Morgan fingerprint density at radius 2 is 1.13 bits per heavy atom. The average molecular weight is 792 g/mol. The minimum atomic E-state index is -0.587. The van der Waals surface area contributed by atoms with Gasteiger partial charge in [0.15, 0.2) is 11.4 Å². The lowest BCUT2D eigenvalue weighted by Crippen LogP contribution is -2.21. The summed E-state index contributed by atoms with van der Waals surface area (Å²) in [6, 6.07) is 19.3. The van der Waals surface area contributed by atoms with Gasteiger partial charge in [-0.3, -0.25) is 9.59 Å². The molecule has 6 aromatic rings. The quantitative estimate of drug-likeness (QED) is 0.155. The van der Waals surface area contributed by atoms with E-state index in [2.05, 4.69) is 26.5 Å². The maximum atomic E-state index is 11.8. The lowest BCUT2D eigenvalue weighted by molar-refractivity contribution is 0.0987. The van der Waals surface area contributed by atoms with Gasteiger partial charge in [0.2, 0.25) is 5.88 Å². The van der Waals surface area contributed by atoms with Crippen LogP contribution in [0.5, 0.6) is 5.88 Å². The molecule has 0 unspecified atom stereocenters. The Balaban J connectivity index is 0.000000162. The van der Waals surface area contributed by atoms with Crippen molar-refractivity contribution in [3.8, 4) is 26.8 Å². The smallest absolute Gasteiger partial charge is 0.270 e. The number of carbonyl (C=O) groups is 2. The molecule has 0 aliphatic heterocycles. The van der Waals surface area contributed by atoms with Gasteiger partial charge in [0, 0.05) is 30.4 Å². The first-order valence-corrected chi connectivity index (χ1v) is 20.6. The predicted octanol–water partition coefficient (Wildman–Crippen LogP) is 10.4. The van der Waals surface area contributed by atoms with Crippen molar-refractivity contribution in [3.63, 3.8) is 0 Å². The van der Waals surface area contributed by atoms with E-state index in [9.17, 15) is 9.59 Å². The number of nitrogens with two attached hydrogens (primary N) is 2. The molecule has 0 atom stereocenters. The van der Waals surface area contributed by atoms with Crippen LogP contribution in [0.1, 0.15) is 85.2 Å². The predicted molar refractivity (Wildman–Crippen MR) is 213 cm³/mol. The first kappa shape index (κ1) is 36.5. The first-order chi connectivity index (χ1) is 25.2. The van der Waals surface area contributed by atoms with E-state index < -0.39 is 11.8 Å². The summed E-state index contributed by atoms with van der Waals surface area (Å²) in [5.74, 6) is -0.647. The van der Waals surface area contributed by atoms with Crippen LogP contribution in [0.15, 0.2) is 65.7 Å². The zero-order valence-electron chi connectivity index (χ0n) is 28.1. The van der Waals surface area contributed by atoms with Crippen LogP contribution >= 0.6 is 57.6 Å². The van der Waals surface area contributed by atoms with Crippen LogP contribution in [-0.4, -0.2) is 43.6 Å². The van der Waals surface area contributed by atoms with Gasteiger partial charge in [-0.05, 0) is 86.1 Å². The molecular formula is C38H36Cl2N6O3S3. The normalized spacial score (nSPS) is 15.3. The number of thioether (sulfide) groups is 1. The number of rotatable bonds is 8. The molecule has 2 aromatic carbocycles. The van der Waals surface area contributed by atoms with Crippen molar-refractivity contribution in [2.24, 2.45) is 11.5 Å². The number of hydrogen-bond acceptors (Lipinski definition) is 10. The van der Waals surface area contributed by atoms with Gasteiger partial charge >= 0.3 is 0 Å². The largest absolute Gasteiger partial charge is 0.473 e. The summed E-state index contributed by atoms with van der Waals surface area (Å²) in [6.45, 7) is 0. The zero-order chi connectivity index (χ0) is 36.2. The molecule has 0 saturated heterocycles. The van der Waals surface area contributed by atoms with Gasteiger partial charge in [0.1, 0.15) is 11.1 Å². The Morgan fingerprint density at radius 3 is 1.67 bits per heavy atom. The number of ether oxygens (including phenoxy) is 1. The van der Waals surface area contributed by atoms with E-state index in [1.807, 2.05) is 54.6 Å². The Labute approximate surface area is 323 Å².